The normalized spacial score (nSPS) is 17.2. The summed E-state index contributed by atoms with van der Waals surface area (Å²) in [6, 6.07) is 11.9. The molecule has 1 saturated heterocycles. The van der Waals surface area contributed by atoms with Crippen molar-refractivity contribution in [3.05, 3.63) is 58.1 Å². The molecule has 32 heavy (non-hydrogen) atoms. The summed E-state index contributed by atoms with van der Waals surface area (Å²) in [4.78, 5) is 35.8. The monoisotopic (exact) mass is 491 g/mol. The maximum atomic E-state index is 12.3. The van der Waals surface area contributed by atoms with E-state index < -0.39 is 5.25 Å². The van der Waals surface area contributed by atoms with E-state index in [1.807, 2.05) is 6.07 Å². The Bertz CT molecular complexity index is 1140. The largest absolute Gasteiger partial charge is 0.326 e. The van der Waals surface area contributed by atoms with Crippen molar-refractivity contribution in [1.82, 2.24) is 5.32 Å². The molecule has 3 amide bonds. The first-order valence-corrected chi connectivity index (χ1v) is 11.1. The Labute approximate surface area is 198 Å². The second-order valence-electron chi connectivity index (χ2n) is 6.82. The number of anilines is 2. The van der Waals surface area contributed by atoms with E-state index in [0.29, 0.717) is 32.3 Å². The first kappa shape index (κ1) is 23.8. The van der Waals surface area contributed by atoms with Crippen LogP contribution in [0.15, 0.2) is 52.7 Å². The Balaban J connectivity index is 1.62. The third-order valence-corrected chi connectivity index (χ3v) is 5.86. The van der Waals surface area contributed by atoms with Gasteiger partial charge in [-0.1, -0.05) is 47.1 Å². The lowest BCUT2D eigenvalue weighted by atomic mass is 10.1. The number of carbonyl (C=O) groups is 3. The van der Waals surface area contributed by atoms with Crippen LogP contribution in [0.4, 0.5) is 11.4 Å². The fourth-order valence-corrected chi connectivity index (χ4v) is 4.12. The van der Waals surface area contributed by atoms with Crippen molar-refractivity contribution in [3.8, 4) is 0 Å². The summed E-state index contributed by atoms with van der Waals surface area (Å²) < 4.78 is 0. The van der Waals surface area contributed by atoms with Gasteiger partial charge in [0.2, 0.25) is 17.7 Å². The number of carbonyl (C=O) groups excluding carboxylic acids is 3. The number of hydrogen-bond acceptors (Lipinski definition) is 6. The number of amidine groups is 1. The molecule has 1 aliphatic rings. The van der Waals surface area contributed by atoms with Crippen LogP contribution in [-0.2, 0) is 14.4 Å². The number of benzene rings is 2. The highest BCUT2D eigenvalue weighted by molar-refractivity contribution is 8.15. The van der Waals surface area contributed by atoms with Crippen LogP contribution in [0.5, 0.6) is 0 Å². The van der Waals surface area contributed by atoms with Gasteiger partial charge in [-0.15, -0.1) is 5.10 Å². The van der Waals surface area contributed by atoms with E-state index in [-0.39, 0.29) is 24.1 Å². The standard InChI is InChI=1S/C21H19Cl2N5O3S/c1-11(13-4-3-5-15(8-13)24-12(2)29)27-28-21-26-20(31)18(32-21)10-19(30)25-17-7-6-14(22)9-16(17)23/h3-9,18H,10H2,1-2H3,(H,24,29)(H,25,30)(H,26,28,31)/b27-11+. The lowest BCUT2D eigenvalue weighted by molar-refractivity contribution is -0.122. The molecule has 0 bridgehead atoms. The molecule has 2 aromatic rings. The summed E-state index contributed by atoms with van der Waals surface area (Å²) in [6.45, 7) is 3.19. The molecule has 11 heteroatoms. The Morgan fingerprint density at radius 2 is 1.91 bits per heavy atom. The second kappa shape index (κ2) is 10.6. The first-order valence-electron chi connectivity index (χ1n) is 9.44. The van der Waals surface area contributed by atoms with Gasteiger partial charge in [-0.25, -0.2) is 0 Å². The van der Waals surface area contributed by atoms with E-state index >= 15 is 0 Å². The van der Waals surface area contributed by atoms with E-state index in [0.717, 1.165) is 17.3 Å². The molecule has 0 radical (unpaired) electrons. The molecule has 1 aliphatic heterocycles. The van der Waals surface area contributed by atoms with Crippen LogP contribution in [-0.4, -0.2) is 33.9 Å². The van der Waals surface area contributed by atoms with Crippen molar-refractivity contribution in [3.63, 3.8) is 0 Å². The molecule has 8 nitrogen and oxygen atoms in total. The Kier molecular flexibility index (Phi) is 7.89. The molecule has 3 rings (SSSR count). The molecule has 166 valence electrons. The zero-order valence-corrected chi connectivity index (χ0v) is 19.4. The van der Waals surface area contributed by atoms with Crippen molar-refractivity contribution >= 4 is 74.9 Å². The summed E-state index contributed by atoms with van der Waals surface area (Å²) in [7, 11) is 0. The minimum absolute atomic E-state index is 0.0596. The Morgan fingerprint density at radius 3 is 2.62 bits per heavy atom. The van der Waals surface area contributed by atoms with Crippen molar-refractivity contribution in [2.24, 2.45) is 10.2 Å². The quantitative estimate of drug-likeness (QED) is 0.413. The SMILES string of the molecule is CC(=O)Nc1cccc(/C(C)=N/N=C2/NC(=O)C(CC(=O)Nc3ccc(Cl)cc3Cl)S2)c1. The van der Waals surface area contributed by atoms with E-state index in [2.05, 4.69) is 26.2 Å². The summed E-state index contributed by atoms with van der Waals surface area (Å²) in [5.74, 6) is -0.861. The molecule has 0 aromatic heterocycles. The van der Waals surface area contributed by atoms with Crippen LogP contribution < -0.4 is 16.0 Å². The van der Waals surface area contributed by atoms with Gasteiger partial charge in [0.15, 0.2) is 5.17 Å². The number of halogens is 2. The molecule has 0 aliphatic carbocycles. The summed E-state index contributed by atoms with van der Waals surface area (Å²) >= 11 is 13.0. The van der Waals surface area contributed by atoms with E-state index in [4.69, 9.17) is 23.2 Å². The molecule has 1 fully saturated rings. The highest BCUT2D eigenvalue weighted by atomic mass is 35.5. The van der Waals surface area contributed by atoms with Gasteiger partial charge in [-0.2, -0.15) is 5.10 Å². The van der Waals surface area contributed by atoms with Gasteiger partial charge in [0, 0.05) is 24.1 Å². The number of thioether (sulfide) groups is 1. The molecule has 3 N–H and O–H groups in total. The van der Waals surface area contributed by atoms with Crippen LogP contribution >= 0.6 is 35.0 Å². The molecule has 1 heterocycles. The highest BCUT2D eigenvalue weighted by Gasteiger charge is 2.32. The molecule has 1 unspecified atom stereocenters. The van der Waals surface area contributed by atoms with E-state index in [9.17, 15) is 14.4 Å². The van der Waals surface area contributed by atoms with Gasteiger partial charge >= 0.3 is 0 Å². The van der Waals surface area contributed by atoms with Gasteiger partial charge in [0.05, 0.1) is 16.4 Å². The van der Waals surface area contributed by atoms with Gasteiger partial charge in [0.25, 0.3) is 0 Å². The third-order valence-electron chi connectivity index (χ3n) is 4.24. The van der Waals surface area contributed by atoms with Crippen LogP contribution in [0, 0.1) is 0 Å². The van der Waals surface area contributed by atoms with E-state index in [1.165, 1.54) is 13.0 Å². The summed E-state index contributed by atoms with van der Waals surface area (Å²) in [5, 5.41) is 16.7. The smallest absolute Gasteiger partial charge is 0.240 e. The van der Waals surface area contributed by atoms with Gasteiger partial charge in [-0.3, -0.25) is 14.4 Å². The average Bonchev–Trinajstić information content (AvgIpc) is 3.07. The maximum absolute atomic E-state index is 12.3. The summed E-state index contributed by atoms with van der Waals surface area (Å²) in [5.41, 5.74) is 2.43. The number of hydrogen-bond donors (Lipinski definition) is 3. The fraction of sp³-hybridized carbons (Fsp3) is 0.190. The zero-order valence-electron chi connectivity index (χ0n) is 17.1. The minimum Gasteiger partial charge on any atom is -0.326 e. The fourth-order valence-electron chi connectivity index (χ4n) is 2.75. The first-order chi connectivity index (χ1) is 15.2. The predicted molar refractivity (Wildman–Crippen MR) is 130 cm³/mol. The molecular formula is C21H19Cl2N5O3S. The van der Waals surface area contributed by atoms with Crippen LogP contribution in [0.3, 0.4) is 0 Å². The van der Waals surface area contributed by atoms with Gasteiger partial charge in [0.1, 0.15) is 5.25 Å². The molecule has 0 spiro atoms. The number of rotatable bonds is 6. The number of nitrogens with zero attached hydrogens (tertiary/aromatic N) is 2. The van der Waals surface area contributed by atoms with Gasteiger partial charge in [-0.05, 0) is 42.8 Å². The Hall–Kier alpha value is -2.88. The predicted octanol–water partition coefficient (Wildman–Crippen LogP) is 4.29. The topological polar surface area (TPSA) is 112 Å². The van der Waals surface area contributed by atoms with Crippen molar-refractivity contribution in [2.45, 2.75) is 25.5 Å². The van der Waals surface area contributed by atoms with Gasteiger partial charge < -0.3 is 16.0 Å². The average molecular weight is 492 g/mol. The van der Waals surface area contributed by atoms with Crippen molar-refractivity contribution in [2.75, 3.05) is 10.6 Å². The molecule has 0 saturated carbocycles. The minimum atomic E-state index is -0.640. The third kappa shape index (κ3) is 6.56. The highest BCUT2D eigenvalue weighted by Crippen LogP contribution is 2.27. The van der Waals surface area contributed by atoms with Crippen LogP contribution in [0.1, 0.15) is 25.8 Å². The lowest BCUT2D eigenvalue weighted by Crippen LogP contribution is -2.28. The molecular weight excluding hydrogens is 473 g/mol. The zero-order chi connectivity index (χ0) is 23.3. The van der Waals surface area contributed by atoms with Crippen LogP contribution in [0.2, 0.25) is 10.0 Å². The summed E-state index contributed by atoms with van der Waals surface area (Å²) in [6.07, 6.45) is -0.0596. The van der Waals surface area contributed by atoms with E-state index in [1.54, 1.807) is 37.3 Å². The van der Waals surface area contributed by atoms with Crippen molar-refractivity contribution in [1.29, 1.82) is 0 Å². The lowest BCUT2D eigenvalue weighted by Gasteiger charge is -2.09. The number of amides is 3. The molecule has 1 atom stereocenters. The van der Waals surface area contributed by atoms with Crippen molar-refractivity contribution < 1.29 is 14.4 Å². The Morgan fingerprint density at radius 1 is 1.12 bits per heavy atom. The molecule has 2 aromatic carbocycles. The van der Waals surface area contributed by atoms with Crippen LogP contribution in [0.25, 0.3) is 0 Å². The number of nitrogens with one attached hydrogen (secondary N) is 3. The maximum Gasteiger partial charge on any atom is 0.240 e. The second-order valence-corrected chi connectivity index (χ2v) is 8.86.